The van der Waals surface area contributed by atoms with E-state index in [1.807, 2.05) is 4.90 Å². The highest BCUT2D eigenvalue weighted by molar-refractivity contribution is 5.89. The van der Waals surface area contributed by atoms with Crippen LogP contribution in [0.2, 0.25) is 0 Å². The summed E-state index contributed by atoms with van der Waals surface area (Å²) in [5, 5.41) is 2.73. The molecular weight excluding hydrogens is 300 g/mol. The lowest BCUT2D eigenvalue weighted by Gasteiger charge is -2.36. The number of piperazine rings is 1. The summed E-state index contributed by atoms with van der Waals surface area (Å²) in [5.74, 6) is -0.599. The van der Waals surface area contributed by atoms with Crippen LogP contribution in [0.15, 0.2) is 48.5 Å². The lowest BCUT2D eigenvalue weighted by Crippen LogP contribution is -2.50. The maximum atomic E-state index is 13.8. The van der Waals surface area contributed by atoms with Gasteiger partial charge in [-0.15, -0.1) is 0 Å². The van der Waals surface area contributed by atoms with Crippen LogP contribution >= 0.6 is 0 Å². The normalized spacial score (nSPS) is 14.7. The van der Waals surface area contributed by atoms with E-state index in [-0.39, 0.29) is 17.7 Å². The minimum Gasteiger partial charge on any atom is -0.366 e. The van der Waals surface area contributed by atoms with Crippen LogP contribution in [0.25, 0.3) is 0 Å². The van der Waals surface area contributed by atoms with E-state index >= 15 is 0 Å². The first-order valence-electron chi connectivity index (χ1n) is 7.44. The molecule has 0 bridgehead atoms. The molecule has 120 valence electrons. The molecule has 0 aromatic heterocycles. The van der Waals surface area contributed by atoms with E-state index < -0.39 is 0 Å². The van der Waals surface area contributed by atoms with Crippen molar-refractivity contribution in [1.29, 1.82) is 0 Å². The van der Waals surface area contributed by atoms with Gasteiger partial charge in [-0.3, -0.25) is 0 Å². The Morgan fingerprint density at radius 2 is 1.57 bits per heavy atom. The van der Waals surface area contributed by atoms with E-state index in [4.69, 9.17) is 0 Å². The van der Waals surface area contributed by atoms with Gasteiger partial charge < -0.3 is 15.1 Å². The molecule has 6 heteroatoms. The van der Waals surface area contributed by atoms with Gasteiger partial charge in [-0.25, -0.2) is 13.6 Å². The number of hydrogen-bond donors (Lipinski definition) is 1. The molecule has 0 atom stereocenters. The van der Waals surface area contributed by atoms with Crippen molar-refractivity contribution in [3.8, 4) is 0 Å². The Labute approximate surface area is 133 Å². The lowest BCUT2D eigenvalue weighted by atomic mass is 10.2. The van der Waals surface area contributed by atoms with E-state index in [1.54, 1.807) is 23.1 Å². The molecule has 0 radical (unpaired) electrons. The summed E-state index contributed by atoms with van der Waals surface area (Å²) in [5.41, 5.74) is 1.11. The number of nitrogens with one attached hydrogen (secondary N) is 1. The first-order valence-corrected chi connectivity index (χ1v) is 7.44. The number of anilines is 2. The number of urea groups is 1. The predicted octanol–water partition coefficient (Wildman–Crippen LogP) is 3.32. The van der Waals surface area contributed by atoms with E-state index in [0.29, 0.717) is 37.6 Å². The third kappa shape index (κ3) is 3.59. The summed E-state index contributed by atoms with van der Waals surface area (Å²) in [4.78, 5) is 15.8. The van der Waals surface area contributed by atoms with Crippen LogP contribution in [0.3, 0.4) is 0 Å². The van der Waals surface area contributed by atoms with Crippen molar-refractivity contribution in [3.63, 3.8) is 0 Å². The van der Waals surface area contributed by atoms with E-state index in [9.17, 15) is 13.6 Å². The summed E-state index contributed by atoms with van der Waals surface area (Å²) in [6.45, 7) is 2.14. The standard InChI is InChI=1S/C17H17F2N3O/c18-13-5-7-14(8-6-13)20-17(23)22-11-9-21(10-12-22)16-4-2-1-3-15(16)19/h1-8H,9-12H2,(H,20,23). The van der Waals surface area contributed by atoms with Crippen LogP contribution in [0.4, 0.5) is 25.0 Å². The summed E-state index contributed by atoms with van der Waals surface area (Å²) in [7, 11) is 0. The molecule has 23 heavy (non-hydrogen) atoms. The average Bonchev–Trinajstić information content (AvgIpc) is 2.57. The van der Waals surface area contributed by atoms with Gasteiger partial charge in [0.15, 0.2) is 0 Å². The number of para-hydroxylation sites is 1. The third-order valence-electron chi connectivity index (χ3n) is 3.86. The Morgan fingerprint density at radius 1 is 0.913 bits per heavy atom. The Kier molecular flexibility index (Phi) is 4.41. The minimum atomic E-state index is -0.346. The van der Waals surface area contributed by atoms with Gasteiger partial charge in [0.25, 0.3) is 0 Å². The molecule has 0 unspecified atom stereocenters. The Morgan fingerprint density at radius 3 is 2.22 bits per heavy atom. The number of amides is 2. The number of nitrogens with zero attached hydrogens (tertiary/aromatic N) is 2. The van der Waals surface area contributed by atoms with Crippen LogP contribution in [0.1, 0.15) is 0 Å². The van der Waals surface area contributed by atoms with Gasteiger partial charge in [0, 0.05) is 31.9 Å². The fourth-order valence-electron chi connectivity index (χ4n) is 2.59. The first kappa shape index (κ1) is 15.3. The molecule has 1 saturated heterocycles. The molecule has 0 aliphatic carbocycles. The summed E-state index contributed by atoms with van der Waals surface area (Å²) in [6.07, 6.45) is 0. The van der Waals surface area contributed by atoms with Crippen molar-refractivity contribution in [2.24, 2.45) is 0 Å². The number of halogens is 2. The van der Waals surface area contributed by atoms with Gasteiger partial charge >= 0.3 is 6.03 Å². The molecule has 1 aliphatic heterocycles. The zero-order chi connectivity index (χ0) is 16.2. The highest BCUT2D eigenvalue weighted by Gasteiger charge is 2.22. The van der Waals surface area contributed by atoms with Gasteiger partial charge in [0.2, 0.25) is 0 Å². The summed E-state index contributed by atoms with van der Waals surface area (Å²) >= 11 is 0. The van der Waals surface area contributed by atoms with Gasteiger partial charge in [0.05, 0.1) is 5.69 Å². The molecule has 3 rings (SSSR count). The molecule has 1 N–H and O–H groups in total. The fraction of sp³-hybridized carbons (Fsp3) is 0.235. The monoisotopic (exact) mass is 317 g/mol. The van der Waals surface area contributed by atoms with Crippen LogP contribution in [0, 0.1) is 11.6 Å². The van der Waals surface area contributed by atoms with Crippen LogP contribution in [0.5, 0.6) is 0 Å². The molecule has 1 fully saturated rings. The topological polar surface area (TPSA) is 35.6 Å². The Balaban J connectivity index is 1.57. The van der Waals surface area contributed by atoms with Gasteiger partial charge in [-0.05, 0) is 36.4 Å². The van der Waals surface area contributed by atoms with Crippen LogP contribution in [-0.4, -0.2) is 37.1 Å². The first-order chi connectivity index (χ1) is 11.1. The molecule has 2 aromatic carbocycles. The van der Waals surface area contributed by atoms with Gasteiger partial charge in [0.1, 0.15) is 11.6 Å². The smallest absolute Gasteiger partial charge is 0.321 e. The second-order valence-corrected chi connectivity index (χ2v) is 5.36. The van der Waals surface area contributed by atoms with Crippen LogP contribution in [-0.2, 0) is 0 Å². The zero-order valence-electron chi connectivity index (χ0n) is 12.5. The number of hydrogen-bond acceptors (Lipinski definition) is 2. The van der Waals surface area contributed by atoms with Crippen LogP contribution < -0.4 is 10.2 Å². The zero-order valence-corrected chi connectivity index (χ0v) is 12.5. The lowest BCUT2D eigenvalue weighted by molar-refractivity contribution is 0.208. The Hall–Kier alpha value is -2.63. The predicted molar refractivity (Wildman–Crippen MR) is 85.6 cm³/mol. The van der Waals surface area contributed by atoms with Crippen molar-refractivity contribution >= 4 is 17.4 Å². The maximum Gasteiger partial charge on any atom is 0.321 e. The highest BCUT2D eigenvalue weighted by Crippen LogP contribution is 2.20. The molecule has 0 saturated carbocycles. The quantitative estimate of drug-likeness (QED) is 0.922. The molecule has 1 aliphatic rings. The molecule has 4 nitrogen and oxygen atoms in total. The second kappa shape index (κ2) is 6.64. The van der Waals surface area contributed by atoms with Crippen molar-refractivity contribution in [2.45, 2.75) is 0 Å². The minimum absolute atomic E-state index is 0.232. The number of carbonyl (C=O) groups excluding carboxylic acids is 1. The number of benzene rings is 2. The Bertz CT molecular complexity index is 682. The number of rotatable bonds is 2. The van der Waals surface area contributed by atoms with E-state index in [2.05, 4.69) is 5.32 Å². The molecular formula is C17H17F2N3O. The largest absolute Gasteiger partial charge is 0.366 e. The van der Waals surface area contributed by atoms with Crippen molar-refractivity contribution in [2.75, 3.05) is 36.4 Å². The van der Waals surface area contributed by atoms with Gasteiger partial charge in [-0.1, -0.05) is 12.1 Å². The van der Waals surface area contributed by atoms with E-state index in [1.165, 1.54) is 30.3 Å². The summed E-state index contributed by atoms with van der Waals surface area (Å²) < 4.78 is 26.6. The average molecular weight is 317 g/mol. The van der Waals surface area contributed by atoms with Crippen molar-refractivity contribution in [1.82, 2.24) is 4.90 Å². The second-order valence-electron chi connectivity index (χ2n) is 5.36. The van der Waals surface area contributed by atoms with Crippen molar-refractivity contribution in [3.05, 3.63) is 60.2 Å². The molecule has 0 spiro atoms. The maximum absolute atomic E-state index is 13.8. The third-order valence-corrected chi connectivity index (χ3v) is 3.86. The van der Waals surface area contributed by atoms with E-state index in [0.717, 1.165) is 0 Å². The fourth-order valence-corrected chi connectivity index (χ4v) is 2.59. The summed E-state index contributed by atoms with van der Waals surface area (Å²) in [6, 6.07) is 12.0. The van der Waals surface area contributed by atoms with Crippen molar-refractivity contribution < 1.29 is 13.6 Å². The SMILES string of the molecule is O=C(Nc1ccc(F)cc1)N1CCN(c2ccccc2F)CC1. The molecule has 2 aromatic rings. The van der Waals surface area contributed by atoms with Gasteiger partial charge in [-0.2, -0.15) is 0 Å². The molecule has 1 heterocycles. The number of carbonyl (C=O) groups is 1. The molecule has 2 amide bonds. The highest BCUT2D eigenvalue weighted by atomic mass is 19.1.